The number of nitrogens with one attached hydrogen (secondary N) is 1. The summed E-state index contributed by atoms with van der Waals surface area (Å²) in [5, 5.41) is 3.38. The normalized spacial score (nSPS) is 14.6. The Morgan fingerprint density at radius 1 is 1.47 bits per heavy atom. The first-order chi connectivity index (χ1) is 8.02. The fourth-order valence-electron chi connectivity index (χ4n) is 2.10. The zero-order valence-electron chi connectivity index (χ0n) is 10.9. The van der Waals surface area contributed by atoms with Crippen LogP contribution in [0.25, 0.3) is 0 Å². The van der Waals surface area contributed by atoms with Crippen LogP contribution in [-0.4, -0.2) is 19.1 Å². The lowest BCUT2D eigenvalue weighted by Crippen LogP contribution is -2.36. The van der Waals surface area contributed by atoms with Crippen molar-refractivity contribution >= 4 is 5.69 Å². The van der Waals surface area contributed by atoms with Crippen molar-refractivity contribution in [1.29, 1.82) is 0 Å². The van der Waals surface area contributed by atoms with Gasteiger partial charge in [0.1, 0.15) is 0 Å². The Hall–Kier alpha value is -1.46. The van der Waals surface area contributed by atoms with E-state index in [-0.39, 0.29) is 5.54 Å². The summed E-state index contributed by atoms with van der Waals surface area (Å²) in [5.41, 5.74) is 3.88. The zero-order valence-corrected chi connectivity index (χ0v) is 10.9. The molecule has 0 bridgehead atoms. The average molecular weight is 228 g/mol. The summed E-state index contributed by atoms with van der Waals surface area (Å²) < 4.78 is 0. The number of hydrogen-bond donors (Lipinski definition) is 1. The number of anilines is 1. The van der Waals surface area contributed by atoms with Gasteiger partial charge in [-0.05, 0) is 37.5 Å². The molecule has 2 heteroatoms. The third kappa shape index (κ3) is 2.62. The van der Waals surface area contributed by atoms with E-state index in [0.29, 0.717) is 0 Å². The van der Waals surface area contributed by atoms with Crippen LogP contribution in [0.1, 0.15) is 25.0 Å². The van der Waals surface area contributed by atoms with E-state index in [9.17, 15) is 0 Å². The Balaban J connectivity index is 2.07. The minimum absolute atomic E-state index is 0.240. The molecular formula is C15H20N2. The van der Waals surface area contributed by atoms with Gasteiger partial charge in [0.15, 0.2) is 0 Å². The first kappa shape index (κ1) is 12.0. The van der Waals surface area contributed by atoms with Crippen LogP contribution in [0.2, 0.25) is 0 Å². The van der Waals surface area contributed by atoms with Gasteiger partial charge in [0.25, 0.3) is 0 Å². The van der Waals surface area contributed by atoms with E-state index in [4.69, 9.17) is 6.42 Å². The average Bonchev–Trinajstić information content (AvgIpc) is 2.68. The number of rotatable bonds is 3. The molecule has 1 aliphatic heterocycles. The number of nitrogens with zero attached hydrogens (tertiary/aromatic N) is 1. The van der Waals surface area contributed by atoms with Gasteiger partial charge in [-0.25, -0.2) is 0 Å². The van der Waals surface area contributed by atoms with Crippen LogP contribution < -0.4 is 10.2 Å². The number of fused-ring (bicyclic) bond motifs is 1. The summed E-state index contributed by atoms with van der Waals surface area (Å²) in [4.78, 5) is 2.30. The maximum atomic E-state index is 5.46. The fraction of sp³-hybridized carbons (Fsp3) is 0.467. The molecule has 0 aliphatic carbocycles. The maximum absolute atomic E-state index is 5.46. The van der Waals surface area contributed by atoms with Gasteiger partial charge in [-0.1, -0.05) is 18.1 Å². The van der Waals surface area contributed by atoms with Gasteiger partial charge in [0.05, 0.1) is 5.54 Å². The van der Waals surface area contributed by atoms with Crippen LogP contribution in [0.5, 0.6) is 0 Å². The van der Waals surface area contributed by atoms with Gasteiger partial charge in [-0.2, -0.15) is 0 Å². The largest absolute Gasteiger partial charge is 0.374 e. The van der Waals surface area contributed by atoms with Crippen molar-refractivity contribution < 1.29 is 0 Å². The molecule has 0 amide bonds. The molecule has 0 atom stereocenters. The highest BCUT2D eigenvalue weighted by Crippen LogP contribution is 2.27. The number of terminal acetylenes is 1. The van der Waals surface area contributed by atoms with Crippen LogP contribution in [0.15, 0.2) is 18.2 Å². The van der Waals surface area contributed by atoms with Crippen molar-refractivity contribution in [2.45, 2.75) is 32.4 Å². The molecule has 0 aromatic heterocycles. The van der Waals surface area contributed by atoms with Crippen molar-refractivity contribution in [1.82, 2.24) is 5.32 Å². The smallest absolute Gasteiger partial charge is 0.0743 e. The second-order valence-corrected chi connectivity index (χ2v) is 5.26. The zero-order chi connectivity index (χ0) is 12.5. The molecule has 1 aliphatic rings. The van der Waals surface area contributed by atoms with E-state index < -0.39 is 0 Å². The highest BCUT2D eigenvalue weighted by atomic mass is 15.1. The van der Waals surface area contributed by atoms with Gasteiger partial charge in [-0.15, -0.1) is 6.42 Å². The third-order valence-corrected chi connectivity index (χ3v) is 3.37. The molecule has 0 fully saturated rings. The molecular weight excluding hydrogens is 208 g/mol. The molecule has 2 nitrogen and oxygen atoms in total. The van der Waals surface area contributed by atoms with E-state index in [1.807, 2.05) is 13.8 Å². The Bertz CT molecular complexity index is 454. The van der Waals surface area contributed by atoms with Crippen molar-refractivity contribution in [3.05, 3.63) is 29.3 Å². The van der Waals surface area contributed by atoms with Crippen molar-refractivity contribution in [3.63, 3.8) is 0 Å². The molecule has 2 rings (SSSR count). The summed E-state index contributed by atoms with van der Waals surface area (Å²) >= 11 is 0. The van der Waals surface area contributed by atoms with Gasteiger partial charge >= 0.3 is 0 Å². The van der Waals surface area contributed by atoms with E-state index in [2.05, 4.69) is 41.4 Å². The third-order valence-electron chi connectivity index (χ3n) is 3.37. The lowest BCUT2D eigenvalue weighted by Gasteiger charge is -2.20. The van der Waals surface area contributed by atoms with Crippen LogP contribution in [0.4, 0.5) is 5.69 Å². The molecule has 1 N–H and O–H groups in total. The predicted octanol–water partition coefficient (Wildman–Crippen LogP) is 2.18. The Kier molecular flexibility index (Phi) is 3.13. The first-order valence-corrected chi connectivity index (χ1v) is 6.07. The monoisotopic (exact) mass is 228 g/mol. The molecule has 0 saturated heterocycles. The maximum Gasteiger partial charge on any atom is 0.0743 e. The topological polar surface area (TPSA) is 15.3 Å². The second kappa shape index (κ2) is 4.43. The molecule has 0 unspecified atom stereocenters. The predicted molar refractivity (Wildman–Crippen MR) is 73.2 cm³/mol. The number of likely N-dealkylation sites (N-methyl/N-ethyl adjacent to an activating group) is 1. The molecule has 1 heterocycles. The van der Waals surface area contributed by atoms with E-state index >= 15 is 0 Å². The summed E-state index contributed by atoms with van der Waals surface area (Å²) in [6.45, 7) is 6.00. The molecule has 0 saturated carbocycles. The van der Waals surface area contributed by atoms with Crippen LogP contribution in [-0.2, 0) is 13.0 Å². The number of hydrogen-bond acceptors (Lipinski definition) is 2. The quantitative estimate of drug-likeness (QED) is 0.798. The minimum atomic E-state index is -0.240. The molecule has 0 radical (unpaired) electrons. The van der Waals surface area contributed by atoms with Gasteiger partial charge in [-0.3, -0.25) is 5.32 Å². The van der Waals surface area contributed by atoms with Crippen molar-refractivity contribution in [2.24, 2.45) is 0 Å². The molecule has 0 spiro atoms. The molecule has 1 aromatic carbocycles. The van der Waals surface area contributed by atoms with Gasteiger partial charge < -0.3 is 4.90 Å². The lowest BCUT2D eigenvalue weighted by atomic mass is 10.0. The highest BCUT2D eigenvalue weighted by molar-refractivity contribution is 5.58. The fourth-order valence-corrected chi connectivity index (χ4v) is 2.10. The summed E-state index contributed by atoms with van der Waals surface area (Å²) in [5.74, 6) is 2.75. The standard InChI is InChI=1S/C15H20N2/c1-5-15(2,3)16-11-12-6-7-14-13(10-12)8-9-17(14)4/h1,6-7,10,16H,8-9,11H2,2-4H3. The Morgan fingerprint density at radius 2 is 2.24 bits per heavy atom. The van der Waals surface area contributed by atoms with E-state index in [0.717, 1.165) is 19.5 Å². The first-order valence-electron chi connectivity index (χ1n) is 6.07. The summed E-state index contributed by atoms with van der Waals surface area (Å²) in [7, 11) is 2.14. The van der Waals surface area contributed by atoms with E-state index in [1.165, 1.54) is 16.8 Å². The SMILES string of the molecule is C#CC(C)(C)NCc1ccc2c(c1)CCN2C. The van der Waals surface area contributed by atoms with Gasteiger partial charge in [0, 0.05) is 25.8 Å². The van der Waals surface area contributed by atoms with E-state index in [1.54, 1.807) is 0 Å². The Labute approximate surface area is 104 Å². The van der Waals surface area contributed by atoms with Crippen molar-refractivity contribution in [2.75, 3.05) is 18.5 Å². The van der Waals surface area contributed by atoms with Crippen LogP contribution in [0, 0.1) is 12.3 Å². The number of benzene rings is 1. The summed E-state index contributed by atoms with van der Waals surface area (Å²) in [6, 6.07) is 6.68. The molecule has 90 valence electrons. The van der Waals surface area contributed by atoms with Crippen molar-refractivity contribution in [3.8, 4) is 12.3 Å². The van der Waals surface area contributed by atoms with Crippen LogP contribution >= 0.6 is 0 Å². The molecule has 1 aromatic rings. The van der Waals surface area contributed by atoms with Gasteiger partial charge in [0.2, 0.25) is 0 Å². The van der Waals surface area contributed by atoms with Crippen LogP contribution in [0.3, 0.4) is 0 Å². The molecule has 17 heavy (non-hydrogen) atoms. The summed E-state index contributed by atoms with van der Waals surface area (Å²) in [6.07, 6.45) is 6.61. The minimum Gasteiger partial charge on any atom is -0.374 e. The Morgan fingerprint density at radius 3 is 2.94 bits per heavy atom. The lowest BCUT2D eigenvalue weighted by molar-refractivity contribution is 0.491. The highest BCUT2D eigenvalue weighted by Gasteiger charge is 2.16. The second-order valence-electron chi connectivity index (χ2n) is 5.26.